The first kappa shape index (κ1) is 22.1. The van der Waals surface area contributed by atoms with Crippen molar-refractivity contribution in [1.29, 1.82) is 0 Å². The second-order valence-electron chi connectivity index (χ2n) is 8.05. The Morgan fingerprint density at radius 3 is 2.61 bits per heavy atom. The van der Waals surface area contributed by atoms with Crippen LogP contribution in [0.3, 0.4) is 0 Å². The molecular formula is C24H23N3O4S2. The highest BCUT2D eigenvalue weighted by Crippen LogP contribution is 2.33. The maximum atomic E-state index is 13.6. The van der Waals surface area contributed by atoms with Gasteiger partial charge in [0.25, 0.3) is 5.91 Å². The van der Waals surface area contributed by atoms with Gasteiger partial charge in [-0.25, -0.2) is 4.98 Å². The first-order valence-electron chi connectivity index (χ1n) is 10.9. The van der Waals surface area contributed by atoms with Gasteiger partial charge in [0.2, 0.25) is 11.8 Å². The number of ether oxygens (including phenoxy) is 1. The fourth-order valence-electron chi connectivity index (χ4n) is 4.15. The minimum absolute atomic E-state index is 0.0261. The van der Waals surface area contributed by atoms with Crippen LogP contribution in [0.4, 0.5) is 10.8 Å². The summed E-state index contributed by atoms with van der Waals surface area (Å²) in [6, 6.07) is 12.7. The van der Waals surface area contributed by atoms with E-state index in [1.54, 1.807) is 40.9 Å². The molecule has 2 aliphatic heterocycles. The van der Waals surface area contributed by atoms with Gasteiger partial charge in [-0.15, -0.1) is 11.8 Å². The van der Waals surface area contributed by atoms with Crippen LogP contribution in [0.1, 0.15) is 36.0 Å². The van der Waals surface area contributed by atoms with Crippen molar-refractivity contribution < 1.29 is 19.1 Å². The molecule has 0 aliphatic carbocycles. The van der Waals surface area contributed by atoms with E-state index in [2.05, 4.69) is 6.07 Å². The topological polar surface area (TPSA) is 79.8 Å². The molecule has 5 rings (SSSR count). The number of aromatic nitrogens is 1. The Kier molecular flexibility index (Phi) is 6.18. The largest absolute Gasteiger partial charge is 0.376 e. The Balaban J connectivity index is 1.45. The van der Waals surface area contributed by atoms with Crippen molar-refractivity contribution in [2.75, 3.05) is 29.2 Å². The van der Waals surface area contributed by atoms with Crippen LogP contribution in [-0.2, 0) is 14.3 Å². The van der Waals surface area contributed by atoms with Crippen LogP contribution in [0.5, 0.6) is 0 Å². The summed E-state index contributed by atoms with van der Waals surface area (Å²) in [7, 11) is 0. The van der Waals surface area contributed by atoms with Gasteiger partial charge in [-0.3, -0.25) is 24.2 Å². The van der Waals surface area contributed by atoms with Gasteiger partial charge in [0, 0.05) is 29.9 Å². The number of rotatable bonds is 6. The SMILES string of the molecule is CSc1ccc2nc(N(CC3CCCO3)C(=O)c3ccc(N4C(=O)CCC4=O)cc3)sc2c1. The zero-order chi connectivity index (χ0) is 22.9. The minimum Gasteiger partial charge on any atom is -0.376 e. The molecule has 0 bridgehead atoms. The summed E-state index contributed by atoms with van der Waals surface area (Å²) >= 11 is 3.16. The number of amides is 3. The molecule has 1 unspecified atom stereocenters. The van der Waals surface area contributed by atoms with Gasteiger partial charge < -0.3 is 4.74 Å². The van der Waals surface area contributed by atoms with Crippen LogP contribution >= 0.6 is 23.1 Å². The van der Waals surface area contributed by atoms with E-state index in [0.717, 1.165) is 28.0 Å². The lowest BCUT2D eigenvalue weighted by molar-refractivity contribution is -0.121. The molecule has 3 heterocycles. The first-order valence-corrected chi connectivity index (χ1v) is 12.9. The van der Waals surface area contributed by atoms with Crippen LogP contribution in [0.15, 0.2) is 47.4 Å². The highest BCUT2D eigenvalue weighted by Gasteiger charge is 2.31. The number of thiazole rings is 1. The number of fused-ring (bicyclic) bond motifs is 1. The van der Waals surface area contributed by atoms with Gasteiger partial charge in [0.15, 0.2) is 5.13 Å². The normalized spacial score (nSPS) is 18.5. The zero-order valence-electron chi connectivity index (χ0n) is 18.2. The molecule has 2 aliphatic rings. The van der Waals surface area contributed by atoms with Crippen molar-refractivity contribution in [3.63, 3.8) is 0 Å². The van der Waals surface area contributed by atoms with Crippen LogP contribution in [0.25, 0.3) is 10.2 Å². The second-order valence-corrected chi connectivity index (χ2v) is 9.94. The monoisotopic (exact) mass is 481 g/mol. The van der Waals surface area contributed by atoms with Crippen molar-refractivity contribution >= 4 is 61.9 Å². The molecule has 1 atom stereocenters. The van der Waals surface area contributed by atoms with Gasteiger partial charge in [0.05, 0.1) is 28.6 Å². The van der Waals surface area contributed by atoms with Crippen LogP contribution in [0, 0.1) is 0 Å². The second kappa shape index (κ2) is 9.24. The van der Waals surface area contributed by atoms with E-state index in [4.69, 9.17) is 9.72 Å². The molecule has 9 heteroatoms. The van der Waals surface area contributed by atoms with E-state index < -0.39 is 0 Å². The third-order valence-electron chi connectivity index (χ3n) is 5.89. The minimum atomic E-state index is -0.210. The van der Waals surface area contributed by atoms with E-state index in [1.165, 1.54) is 16.2 Å². The number of nitrogens with zero attached hydrogens (tertiary/aromatic N) is 3. The van der Waals surface area contributed by atoms with E-state index in [0.29, 0.717) is 29.5 Å². The predicted octanol–water partition coefficient (Wildman–Crippen LogP) is 4.50. The lowest BCUT2D eigenvalue weighted by Gasteiger charge is -2.23. The molecule has 170 valence electrons. The van der Waals surface area contributed by atoms with Crippen LogP contribution in [0.2, 0.25) is 0 Å². The maximum absolute atomic E-state index is 13.6. The number of thioether (sulfide) groups is 1. The van der Waals surface area contributed by atoms with Crippen molar-refractivity contribution in [3.8, 4) is 0 Å². The van der Waals surface area contributed by atoms with Gasteiger partial charge >= 0.3 is 0 Å². The molecule has 0 radical (unpaired) electrons. The van der Waals surface area contributed by atoms with Crippen molar-refractivity contribution in [2.24, 2.45) is 0 Å². The van der Waals surface area contributed by atoms with Gasteiger partial charge in [-0.2, -0.15) is 0 Å². The molecule has 0 N–H and O–H groups in total. The number of imide groups is 1. The number of carbonyl (C=O) groups is 3. The number of anilines is 2. The number of hydrogen-bond acceptors (Lipinski definition) is 7. The smallest absolute Gasteiger partial charge is 0.260 e. The Hall–Kier alpha value is -2.75. The summed E-state index contributed by atoms with van der Waals surface area (Å²) in [5, 5.41) is 0.637. The Labute approximate surface area is 199 Å². The summed E-state index contributed by atoms with van der Waals surface area (Å²) < 4.78 is 6.84. The van der Waals surface area contributed by atoms with Crippen molar-refractivity contribution in [2.45, 2.75) is 36.7 Å². The van der Waals surface area contributed by atoms with Crippen LogP contribution in [-0.4, -0.2) is 48.2 Å². The van der Waals surface area contributed by atoms with Crippen LogP contribution < -0.4 is 9.80 Å². The Morgan fingerprint density at radius 1 is 1.18 bits per heavy atom. The molecule has 2 aromatic carbocycles. The Bertz CT molecular complexity index is 1200. The summed E-state index contributed by atoms with van der Waals surface area (Å²) in [6.07, 6.45) is 4.35. The number of carbonyl (C=O) groups excluding carboxylic acids is 3. The molecule has 2 saturated heterocycles. The third kappa shape index (κ3) is 4.40. The summed E-state index contributed by atoms with van der Waals surface area (Å²) in [4.78, 5) is 46.4. The lowest BCUT2D eigenvalue weighted by atomic mass is 10.1. The van der Waals surface area contributed by atoms with Crippen molar-refractivity contribution in [3.05, 3.63) is 48.0 Å². The molecule has 3 amide bonds. The molecule has 33 heavy (non-hydrogen) atoms. The van der Waals surface area contributed by atoms with Gasteiger partial charge in [-0.1, -0.05) is 11.3 Å². The summed E-state index contributed by atoms with van der Waals surface area (Å²) in [6.45, 7) is 1.13. The molecule has 1 aromatic heterocycles. The highest BCUT2D eigenvalue weighted by atomic mass is 32.2. The quantitative estimate of drug-likeness (QED) is 0.381. The fraction of sp³-hybridized carbons (Fsp3) is 0.333. The zero-order valence-corrected chi connectivity index (χ0v) is 19.8. The van der Waals surface area contributed by atoms with E-state index in [1.807, 2.05) is 18.4 Å². The average molecular weight is 482 g/mol. The lowest BCUT2D eigenvalue weighted by Crippen LogP contribution is -2.37. The van der Waals surface area contributed by atoms with Gasteiger partial charge in [0.1, 0.15) is 0 Å². The number of hydrogen-bond donors (Lipinski definition) is 0. The highest BCUT2D eigenvalue weighted by molar-refractivity contribution is 7.98. The van der Waals surface area contributed by atoms with Crippen molar-refractivity contribution in [1.82, 2.24) is 4.98 Å². The fourth-order valence-corrected chi connectivity index (χ4v) is 5.68. The first-order chi connectivity index (χ1) is 16.0. The standard InChI is InChI=1S/C24H23N3O4S2/c1-32-18-8-9-19-20(13-18)33-24(25-19)26(14-17-3-2-12-31-17)23(30)15-4-6-16(7-5-15)27-21(28)10-11-22(27)29/h4-9,13,17H,2-3,10-12,14H2,1H3. The molecule has 0 spiro atoms. The van der Waals surface area contributed by atoms with Gasteiger partial charge in [-0.05, 0) is 61.6 Å². The summed E-state index contributed by atoms with van der Waals surface area (Å²) in [5.41, 5.74) is 1.83. The Morgan fingerprint density at radius 2 is 1.94 bits per heavy atom. The van der Waals surface area contributed by atoms with E-state index >= 15 is 0 Å². The van der Waals surface area contributed by atoms with E-state index in [9.17, 15) is 14.4 Å². The van der Waals surface area contributed by atoms with E-state index in [-0.39, 0.29) is 36.7 Å². The average Bonchev–Trinajstić information content (AvgIpc) is 3.57. The summed E-state index contributed by atoms with van der Waals surface area (Å²) in [5.74, 6) is -0.600. The third-order valence-corrected chi connectivity index (χ3v) is 7.66. The molecule has 0 saturated carbocycles. The molecule has 3 aromatic rings. The molecular weight excluding hydrogens is 458 g/mol. The number of benzene rings is 2. The molecule has 7 nitrogen and oxygen atoms in total. The predicted molar refractivity (Wildman–Crippen MR) is 130 cm³/mol. The molecule has 2 fully saturated rings. The maximum Gasteiger partial charge on any atom is 0.260 e.